The van der Waals surface area contributed by atoms with E-state index in [4.69, 9.17) is 4.52 Å². The molecule has 0 radical (unpaired) electrons. The number of hydrogen-bond donors (Lipinski definition) is 1. The van der Waals surface area contributed by atoms with E-state index in [0.717, 1.165) is 23.1 Å². The van der Waals surface area contributed by atoms with Crippen molar-refractivity contribution in [3.05, 3.63) is 23.4 Å². The summed E-state index contributed by atoms with van der Waals surface area (Å²) in [6.45, 7) is 2.18. The van der Waals surface area contributed by atoms with Crippen LogP contribution in [0.25, 0.3) is 10.7 Å². The van der Waals surface area contributed by atoms with Crippen LogP contribution in [0.3, 0.4) is 0 Å². The number of rotatable bonds is 7. The number of hydrogen-bond acceptors (Lipinski definition) is 5. The smallest absolute Gasteiger partial charge is 0.226 e. The highest BCUT2D eigenvalue weighted by Gasteiger charge is 2.42. The van der Waals surface area contributed by atoms with Crippen molar-refractivity contribution in [2.45, 2.75) is 57.9 Å². The third-order valence-electron chi connectivity index (χ3n) is 5.83. The average molecular weight is 359 g/mol. The van der Waals surface area contributed by atoms with Gasteiger partial charge in [-0.1, -0.05) is 17.6 Å². The van der Waals surface area contributed by atoms with E-state index >= 15 is 0 Å². The molecule has 0 saturated heterocycles. The third-order valence-corrected chi connectivity index (χ3v) is 6.69. The average Bonchev–Trinajstić information content (AvgIpc) is 3.37. The van der Waals surface area contributed by atoms with Gasteiger partial charge in [-0.2, -0.15) is 4.98 Å². The molecule has 0 spiro atoms. The van der Waals surface area contributed by atoms with Crippen molar-refractivity contribution in [1.29, 1.82) is 0 Å². The molecule has 1 N–H and O–H groups in total. The molecule has 2 aliphatic rings. The van der Waals surface area contributed by atoms with Gasteiger partial charge in [0.1, 0.15) is 0 Å². The van der Waals surface area contributed by atoms with Gasteiger partial charge in [-0.25, -0.2) is 0 Å². The normalized spacial score (nSPS) is 26.0. The van der Waals surface area contributed by atoms with Gasteiger partial charge in [0, 0.05) is 18.9 Å². The number of thiophene rings is 1. The summed E-state index contributed by atoms with van der Waals surface area (Å²) in [5.74, 6) is 3.84. The Morgan fingerprint density at radius 2 is 2.36 bits per heavy atom. The van der Waals surface area contributed by atoms with E-state index in [1.54, 1.807) is 11.3 Å². The first-order chi connectivity index (χ1) is 12.2. The van der Waals surface area contributed by atoms with Crippen molar-refractivity contribution in [1.82, 2.24) is 15.5 Å². The molecule has 134 valence electrons. The molecular weight excluding hydrogens is 334 g/mol. The fraction of sp³-hybridized carbons (Fsp3) is 0.632. The van der Waals surface area contributed by atoms with Crippen LogP contribution in [0, 0.1) is 17.8 Å². The highest BCUT2D eigenvalue weighted by molar-refractivity contribution is 7.13. The second-order valence-corrected chi connectivity index (χ2v) is 8.49. The van der Waals surface area contributed by atoms with Crippen LogP contribution in [0.2, 0.25) is 0 Å². The van der Waals surface area contributed by atoms with Crippen LogP contribution in [0.15, 0.2) is 22.0 Å². The summed E-state index contributed by atoms with van der Waals surface area (Å²) in [6.07, 6.45) is 7.35. The lowest BCUT2D eigenvalue weighted by molar-refractivity contribution is -0.122. The van der Waals surface area contributed by atoms with Crippen LogP contribution in [0.1, 0.15) is 51.3 Å². The van der Waals surface area contributed by atoms with Crippen LogP contribution < -0.4 is 5.32 Å². The maximum atomic E-state index is 12.2. The van der Waals surface area contributed by atoms with Crippen LogP contribution in [-0.2, 0) is 11.2 Å². The number of aryl methyl sites for hydroxylation is 1. The molecule has 2 fully saturated rings. The van der Waals surface area contributed by atoms with Crippen molar-refractivity contribution in [2.24, 2.45) is 17.8 Å². The fourth-order valence-corrected chi connectivity index (χ4v) is 5.25. The summed E-state index contributed by atoms with van der Waals surface area (Å²) in [7, 11) is 0. The van der Waals surface area contributed by atoms with E-state index in [1.165, 1.54) is 25.7 Å². The lowest BCUT2D eigenvalue weighted by Gasteiger charge is -2.28. The minimum absolute atomic E-state index is 0.147. The molecule has 5 nitrogen and oxygen atoms in total. The predicted octanol–water partition coefficient (Wildman–Crippen LogP) is 4.06. The second kappa shape index (κ2) is 7.28. The van der Waals surface area contributed by atoms with Crippen LogP contribution in [0.4, 0.5) is 0 Å². The zero-order valence-corrected chi connectivity index (χ0v) is 15.4. The Balaban J connectivity index is 1.20. The molecule has 2 saturated carbocycles. The van der Waals surface area contributed by atoms with Gasteiger partial charge in [-0.15, -0.1) is 11.3 Å². The second-order valence-electron chi connectivity index (χ2n) is 7.54. The van der Waals surface area contributed by atoms with Crippen molar-refractivity contribution in [3.63, 3.8) is 0 Å². The minimum Gasteiger partial charge on any atom is -0.353 e. The van der Waals surface area contributed by atoms with Gasteiger partial charge in [-0.3, -0.25) is 4.79 Å². The molecule has 25 heavy (non-hydrogen) atoms. The van der Waals surface area contributed by atoms with Crippen molar-refractivity contribution < 1.29 is 9.32 Å². The lowest BCUT2D eigenvalue weighted by Crippen LogP contribution is -2.40. The number of fused-ring (bicyclic) bond motifs is 2. The van der Waals surface area contributed by atoms with E-state index in [-0.39, 0.29) is 5.91 Å². The van der Waals surface area contributed by atoms with E-state index in [9.17, 15) is 4.79 Å². The molecule has 2 aromatic rings. The molecule has 6 heteroatoms. The SMILES string of the molecule is CC(NC(=O)CCCc1nc(-c2cccs2)no1)C1CC2CCC1C2. The molecular formula is C19H25N3O2S. The maximum absolute atomic E-state index is 12.2. The van der Waals surface area contributed by atoms with E-state index < -0.39 is 0 Å². The molecule has 2 heterocycles. The first-order valence-electron chi connectivity index (χ1n) is 9.35. The number of carbonyl (C=O) groups is 1. The van der Waals surface area contributed by atoms with E-state index in [0.29, 0.717) is 36.5 Å². The number of nitrogens with one attached hydrogen (secondary N) is 1. The Morgan fingerprint density at radius 1 is 1.44 bits per heavy atom. The lowest BCUT2D eigenvalue weighted by atomic mass is 9.84. The minimum atomic E-state index is 0.147. The molecule has 1 amide bonds. The van der Waals surface area contributed by atoms with E-state index in [2.05, 4.69) is 22.4 Å². The van der Waals surface area contributed by atoms with Crippen LogP contribution in [0.5, 0.6) is 0 Å². The highest BCUT2D eigenvalue weighted by atomic mass is 32.1. The molecule has 2 bridgehead atoms. The Labute approximate surface area is 152 Å². The number of carbonyl (C=O) groups excluding carboxylic acids is 1. The zero-order chi connectivity index (χ0) is 17.2. The fourth-order valence-electron chi connectivity index (χ4n) is 4.60. The molecule has 2 aromatic heterocycles. The summed E-state index contributed by atoms with van der Waals surface area (Å²) < 4.78 is 5.28. The Bertz CT molecular complexity index is 712. The third kappa shape index (κ3) is 3.78. The topological polar surface area (TPSA) is 68.0 Å². The molecule has 4 atom stereocenters. The highest BCUT2D eigenvalue weighted by Crippen LogP contribution is 2.49. The summed E-state index contributed by atoms with van der Waals surface area (Å²) in [5.41, 5.74) is 0. The largest absolute Gasteiger partial charge is 0.353 e. The molecule has 0 aliphatic heterocycles. The number of amides is 1. The van der Waals surface area contributed by atoms with E-state index in [1.807, 2.05) is 17.5 Å². The number of nitrogens with zero attached hydrogens (tertiary/aromatic N) is 2. The first-order valence-corrected chi connectivity index (χ1v) is 10.2. The zero-order valence-electron chi connectivity index (χ0n) is 14.6. The monoisotopic (exact) mass is 359 g/mol. The van der Waals surface area contributed by atoms with Crippen LogP contribution >= 0.6 is 11.3 Å². The summed E-state index contributed by atoms with van der Waals surface area (Å²) in [6, 6.07) is 4.25. The predicted molar refractivity (Wildman–Crippen MR) is 97.1 cm³/mol. The van der Waals surface area contributed by atoms with Gasteiger partial charge in [-0.05, 0) is 61.8 Å². The maximum Gasteiger partial charge on any atom is 0.226 e. The standard InChI is InChI=1S/C19H25N3O2S/c1-12(15-11-13-7-8-14(15)10-13)20-17(23)5-2-6-18-21-19(22-24-18)16-4-3-9-25-16/h3-4,9,12-15H,2,5-8,10-11H2,1H3,(H,20,23). The van der Waals surface area contributed by atoms with Crippen molar-refractivity contribution >= 4 is 17.2 Å². The van der Waals surface area contributed by atoms with Gasteiger partial charge in [0.15, 0.2) is 0 Å². The van der Waals surface area contributed by atoms with Gasteiger partial charge in [0.05, 0.1) is 4.88 Å². The van der Waals surface area contributed by atoms with Gasteiger partial charge in [0.2, 0.25) is 17.6 Å². The van der Waals surface area contributed by atoms with Gasteiger partial charge >= 0.3 is 0 Å². The molecule has 4 unspecified atom stereocenters. The summed E-state index contributed by atoms with van der Waals surface area (Å²) in [4.78, 5) is 17.6. The molecule has 4 rings (SSSR count). The van der Waals surface area contributed by atoms with Gasteiger partial charge < -0.3 is 9.84 Å². The summed E-state index contributed by atoms with van der Waals surface area (Å²) in [5, 5.41) is 9.21. The van der Waals surface area contributed by atoms with Crippen LogP contribution in [-0.4, -0.2) is 22.1 Å². The Morgan fingerprint density at radius 3 is 3.08 bits per heavy atom. The number of aromatic nitrogens is 2. The van der Waals surface area contributed by atoms with Gasteiger partial charge in [0.25, 0.3) is 0 Å². The van der Waals surface area contributed by atoms with Crippen molar-refractivity contribution in [3.8, 4) is 10.7 Å². The first kappa shape index (κ1) is 16.8. The molecule has 2 aliphatic carbocycles. The summed E-state index contributed by atoms with van der Waals surface area (Å²) >= 11 is 1.59. The Kier molecular flexibility index (Phi) is 4.88. The Hall–Kier alpha value is -1.69. The van der Waals surface area contributed by atoms with Crippen molar-refractivity contribution in [2.75, 3.05) is 0 Å². The quantitative estimate of drug-likeness (QED) is 0.809. The molecule has 0 aromatic carbocycles.